The fourth-order valence-electron chi connectivity index (χ4n) is 4.59. The number of ether oxygens (including phenoxy) is 1. The second-order valence-corrected chi connectivity index (χ2v) is 8.52. The summed E-state index contributed by atoms with van der Waals surface area (Å²) in [5, 5.41) is 2.78. The number of nitrogens with zero attached hydrogens (tertiary/aromatic N) is 1. The molecule has 6 heteroatoms. The first kappa shape index (κ1) is 21.1. The smallest absolute Gasteiger partial charge is 0.259 e. The minimum Gasteiger partial charge on any atom is -0.484 e. The van der Waals surface area contributed by atoms with Crippen molar-refractivity contribution in [1.29, 1.82) is 0 Å². The molecule has 1 aliphatic carbocycles. The van der Waals surface area contributed by atoms with E-state index < -0.39 is 0 Å². The summed E-state index contributed by atoms with van der Waals surface area (Å²) in [5.41, 5.74) is 3.50. The summed E-state index contributed by atoms with van der Waals surface area (Å²) in [4.78, 5) is 39.2. The van der Waals surface area contributed by atoms with Crippen molar-refractivity contribution in [2.45, 2.75) is 45.6 Å². The van der Waals surface area contributed by atoms with Gasteiger partial charge in [-0.15, -0.1) is 0 Å². The molecule has 1 N–H and O–H groups in total. The number of benzene rings is 1. The molecule has 0 aromatic heterocycles. The molecule has 1 aromatic rings. The SMILES string of the molecule is CCCNC(=O)COc1ccc(C2C=CC=C3C(=O)N4C(=C32)CC(=O)C4C(C)C)cc1. The van der Waals surface area contributed by atoms with E-state index in [0.29, 0.717) is 24.3 Å². The van der Waals surface area contributed by atoms with Gasteiger partial charge in [0.25, 0.3) is 11.8 Å². The highest BCUT2D eigenvalue weighted by Gasteiger charge is 2.49. The van der Waals surface area contributed by atoms with E-state index in [0.717, 1.165) is 23.3 Å². The highest BCUT2D eigenvalue weighted by Crippen LogP contribution is 2.47. The third-order valence-electron chi connectivity index (χ3n) is 5.98. The topological polar surface area (TPSA) is 75.7 Å². The predicted molar refractivity (Wildman–Crippen MR) is 117 cm³/mol. The number of nitrogens with one attached hydrogen (secondary N) is 1. The highest BCUT2D eigenvalue weighted by molar-refractivity contribution is 6.10. The normalized spacial score (nSPS) is 22.1. The fraction of sp³-hybridized carbons (Fsp3) is 0.400. The molecule has 3 aliphatic rings. The number of ketones is 1. The lowest BCUT2D eigenvalue weighted by atomic mass is 9.82. The van der Waals surface area contributed by atoms with E-state index in [9.17, 15) is 14.4 Å². The van der Waals surface area contributed by atoms with E-state index >= 15 is 0 Å². The summed E-state index contributed by atoms with van der Waals surface area (Å²) < 4.78 is 5.57. The average molecular weight is 421 g/mol. The predicted octanol–water partition coefficient (Wildman–Crippen LogP) is 3.27. The molecule has 2 aliphatic heterocycles. The molecular weight excluding hydrogens is 392 g/mol. The number of hydrogen-bond acceptors (Lipinski definition) is 4. The third-order valence-corrected chi connectivity index (χ3v) is 5.98. The second-order valence-electron chi connectivity index (χ2n) is 8.52. The molecule has 1 saturated heterocycles. The first-order valence-corrected chi connectivity index (χ1v) is 10.9. The van der Waals surface area contributed by atoms with Gasteiger partial charge in [0.05, 0.1) is 6.04 Å². The third kappa shape index (κ3) is 3.82. The fourth-order valence-corrected chi connectivity index (χ4v) is 4.59. The Kier molecular flexibility index (Phi) is 5.81. The van der Waals surface area contributed by atoms with E-state index in [1.807, 2.05) is 57.2 Å². The molecule has 2 amide bonds. The first-order valence-electron chi connectivity index (χ1n) is 10.9. The molecular formula is C25H28N2O4. The monoisotopic (exact) mass is 420 g/mol. The second kappa shape index (κ2) is 8.53. The largest absolute Gasteiger partial charge is 0.484 e. The van der Waals surface area contributed by atoms with Crippen molar-refractivity contribution in [1.82, 2.24) is 10.2 Å². The van der Waals surface area contributed by atoms with Gasteiger partial charge in [-0.2, -0.15) is 0 Å². The molecule has 0 bridgehead atoms. The number of rotatable bonds is 7. The summed E-state index contributed by atoms with van der Waals surface area (Å²) in [6.07, 6.45) is 7.02. The molecule has 0 radical (unpaired) electrons. The van der Waals surface area contributed by atoms with Crippen molar-refractivity contribution in [3.8, 4) is 5.75 Å². The number of carbonyl (C=O) groups excluding carboxylic acids is 3. The van der Waals surface area contributed by atoms with Crippen molar-refractivity contribution in [2.75, 3.05) is 13.2 Å². The Labute approximate surface area is 182 Å². The minimum absolute atomic E-state index is 0.0208. The van der Waals surface area contributed by atoms with Crippen LogP contribution < -0.4 is 10.1 Å². The molecule has 2 heterocycles. The van der Waals surface area contributed by atoms with Gasteiger partial charge in [0.2, 0.25) is 0 Å². The molecule has 2 atom stereocenters. The molecule has 0 spiro atoms. The van der Waals surface area contributed by atoms with Crippen LogP contribution in [0.15, 0.2) is 59.3 Å². The van der Waals surface area contributed by atoms with Gasteiger partial charge in [-0.3, -0.25) is 14.4 Å². The van der Waals surface area contributed by atoms with Gasteiger partial charge >= 0.3 is 0 Å². The summed E-state index contributed by atoms with van der Waals surface area (Å²) in [7, 11) is 0. The van der Waals surface area contributed by atoms with E-state index in [-0.39, 0.29) is 42.1 Å². The number of Topliss-reactive ketones (excluding diaryl/α,β-unsaturated/α-hetero) is 1. The number of hydrogen-bond donors (Lipinski definition) is 1. The lowest BCUT2D eigenvalue weighted by molar-refractivity contribution is -0.131. The van der Waals surface area contributed by atoms with E-state index in [1.165, 1.54) is 0 Å². The van der Waals surface area contributed by atoms with Crippen molar-refractivity contribution in [3.63, 3.8) is 0 Å². The molecule has 4 rings (SSSR count). The van der Waals surface area contributed by atoms with Crippen LogP contribution in [-0.2, 0) is 14.4 Å². The van der Waals surface area contributed by atoms with Gasteiger partial charge in [0.15, 0.2) is 12.4 Å². The summed E-state index contributed by atoms with van der Waals surface area (Å²) in [6, 6.07) is 7.20. The van der Waals surface area contributed by atoms with Gasteiger partial charge < -0.3 is 15.0 Å². The number of fused-ring (bicyclic) bond motifs is 2. The Bertz CT molecular complexity index is 1000. The van der Waals surface area contributed by atoms with Gasteiger partial charge in [-0.25, -0.2) is 0 Å². The maximum absolute atomic E-state index is 13.1. The van der Waals surface area contributed by atoms with Crippen LogP contribution in [0.3, 0.4) is 0 Å². The molecule has 1 aromatic carbocycles. The number of allylic oxidation sites excluding steroid dienone is 4. The van der Waals surface area contributed by atoms with Crippen LogP contribution in [0, 0.1) is 5.92 Å². The zero-order chi connectivity index (χ0) is 22.1. The molecule has 31 heavy (non-hydrogen) atoms. The van der Waals surface area contributed by atoms with Crippen molar-refractivity contribution in [2.24, 2.45) is 5.92 Å². The Morgan fingerprint density at radius 1 is 1.23 bits per heavy atom. The Balaban J connectivity index is 1.55. The van der Waals surface area contributed by atoms with Crippen molar-refractivity contribution in [3.05, 3.63) is 64.9 Å². The van der Waals surface area contributed by atoms with E-state index in [2.05, 4.69) is 11.4 Å². The van der Waals surface area contributed by atoms with Crippen LogP contribution in [0.4, 0.5) is 0 Å². The summed E-state index contributed by atoms with van der Waals surface area (Å²) in [5.74, 6) is 0.504. The van der Waals surface area contributed by atoms with Gasteiger partial charge in [0.1, 0.15) is 5.75 Å². The highest BCUT2D eigenvalue weighted by atomic mass is 16.5. The zero-order valence-corrected chi connectivity index (χ0v) is 18.2. The number of amides is 2. The number of carbonyl (C=O) groups is 3. The molecule has 2 unspecified atom stereocenters. The Morgan fingerprint density at radius 3 is 2.65 bits per heavy atom. The maximum atomic E-state index is 13.1. The quantitative estimate of drug-likeness (QED) is 0.735. The first-order chi connectivity index (χ1) is 14.9. The zero-order valence-electron chi connectivity index (χ0n) is 18.2. The average Bonchev–Trinajstić information content (AvgIpc) is 3.24. The van der Waals surface area contributed by atoms with Gasteiger partial charge in [-0.1, -0.05) is 45.1 Å². The van der Waals surface area contributed by atoms with Crippen LogP contribution in [0.5, 0.6) is 5.75 Å². The van der Waals surface area contributed by atoms with Crippen molar-refractivity contribution >= 4 is 17.6 Å². The van der Waals surface area contributed by atoms with Crippen LogP contribution >= 0.6 is 0 Å². The van der Waals surface area contributed by atoms with Crippen LogP contribution in [0.1, 0.15) is 45.1 Å². The lowest BCUT2D eigenvalue weighted by Crippen LogP contribution is -2.39. The lowest BCUT2D eigenvalue weighted by Gasteiger charge is -2.23. The van der Waals surface area contributed by atoms with Gasteiger partial charge in [-0.05, 0) is 41.7 Å². The Morgan fingerprint density at radius 2 is 1.97 bits per heavy atom. The minimum atomic E-state index is -0.378. The summed E-state index contributed by atoms with van der Waals surface area (Å²) >= 11 is 0. The Hall–Kier alpha value is -3.15. The standard InChI is InChI=1S/C25H28N2O4/c1-4-12-26-22(29)14-31-17-10-8-16(9-11-17)18-6-5-7-19-23(18)20-13-21(28)24(15(2)3)27(20)25(19)30/h5-11,15,18,24H,4,12-14H2,1-3H3,(H,26,29). The van der Waals surface area contributed by atoms with Crippen LogP contribution in [-0.4, -0.2) is 41.7 Å². The van der Waals surface area contributed by atoms with E-state index in [1.54, 1.807) is 4.90 Å². The van der Waals surface area contributed by atoms with Crippen molar-refractivity contribution < 1.29 is 19.1 Å². The van der Waals surface area contributed by atoms with Crippen LogP contribution in [0.2, 0.25) is 0 Å². The summed E-state index contributed by atoms with van der Waals surface area (Å²) in [6.45, 7) is 6.58. The molecule has 1 fully saturated rings. The molecule has 0 saturated carbocycles. The van der Waals surface area contributed by atoms with Gasteiger partial charge in [0, 0.05) is 30.2 Å². The maximum Gasteiger partial charge on any atom is 0.259 e. The molecule has 162 valence electrons. The molecule has 6 nitrogen and oxygen atoms in total. The van der Waals surface area contributed by atoms with E-state index in [4.69, 9.17) is 4.74 Å². The van der Waals surface area contributed by atoms with Crippen LogP contribution in [0.25, 0.3) is 0 Å².